The highest BCUT2D eigenvalue weighted by molar-refractivity contribution is 5.48. The van der Waals surface area contributed by atoms with Crippen molar-refractivity contribution in [3.8, 4) is 11.5 Å². The number of nitrogens with two attached hydrogens (primary N) is 1. The van der Waals surface area contributed by atoms with Gasteiger partial charge in [0.1, 0.15) is 11.5 Å². The maximum atomic E-state index is 5.77. The monoisotopic (exact) mass is 381 g/mol. The van der Waals surface area contributed by atoms with E-state index in [1.165, 1.54) is 44.9 Å². The van der Waals surface area contributed by atoms with E-state index in [1.54, 1.807) is 0 Å². The zero-order valence-corrected chi connectivity index (χ0v) is 17.1. The number of rotatable bonds is 15. The highest BCUT2D eigenvalue weighted by Gasteiger charge is 1.97. The van der Waals surface area contributed by atoms with Crippen LogP contribution in [0.15, 0.2) is 55.1 Å². The van der Waals surface area contributed by atoms with Crippen molar-refractivity contribution in [2.45, 2.75) is 57.8 Å². The molecule has 0 aliphatic carbocycles. The number of hydrogen-bond acceptors (Lipinski definition) is 3. The number of unbranched alkanes of at least 4 members (excludes halogenated alkanes) is 8. The van der Waals surface area contributed by atoms with E-state index < -0.39 is 0 Å². The normalized spacial score (nSPS) is 10.6. The average Bonchev–Trinajstić information content (AvgIpc) is 2.73. The molecule has 0 radical (unpaired) electrons. The quantitative estimate of drug-likeness (QED) is 0.270. The van der Waals surface area contributed by atoms with Gasteiger partial charge in [-0.05, 0) is 54.8 Å². The first-order valence-electron chi connectivity index (χ1n) is 10.6. The maximum Gasteiger partial charge on any atom is 0.119 e. The van der Waals surface area contributed by atoms with Gasteiger partial charge in [0.2, 0.25) is 0 Å². The first-order valence-corrected chi connectivity index (χ1v) is 10.6. The van der Waals surface area contributed by atoms with Crippen LogP contribution in [0.4, 0.5) is 5.69 Å². The van der Waals surface area contributed by atoms with Gasteiger partial charge in [0.15, 0.2) is 0 Å². The average molecular weight is 382 g/mol. The molecule has 3 nitrogen and oxygen atoms in total. The van der Waals surface area contributed by atoms with Crippen molar-refractivity contribution in [2.75, 3.05) is 18.9 Å². The second-order valence-electron chi connectivity index (χ2n) is 7.22. The summed E-state index contributed by atoms with van der Waals surface area (Å²) in [5.74, 6) is 1.86. The van der Waals surface area contributed by atoms with Gasteiger partial charge in [-0.3, -0.25) is 0 Å². The molecule has 0 spiro atoms. The van der Waals surface area contributed by atoms with Crippen LogP contribution >= 0.6 is 0 Å². The lowest BCUT2D eigenvalue weighted by Crippen LogP contribution is -1.97. The number of nitrogen functional groups attached to an aromatic ring is 1. The van der Waals surface area contributed by atoms with Crippen LogP contribution in [0, 0.1) is 0 Å². The highest BCUT2D eigenvalue weighted by Crippen LogP contribution is 2.15. The van der Waals surface area contributed by atoms with Crippen molar-refractivity contribution < 1.29 is 9.47 Å². The molecule has 0 bridgehead atoms. The molecule has 2 aromatic rings. The van der Waals surface area contributed by atoms with E-state index >= 15 is 0 Å². The summed E-state index contributed by atoms with van der Waals surface area (Å²) in [6, 6.07) is 15.7. The van der Waals surface area contributed by atoms with Crippen LogP contribution in [0.25, 0.3) is 6.08 Å². The predicted molar refractivity (Wildman–Crippen MR) is 120 cm³/mol. The largest absolute Gasteiger partial charge is 0.494 e. The van der Waals surface area contributed by atoms with E-state index in [4.69, 9.17) is 15.2 Å². The number of benzene rings is 2. The summed E-state index contributed by atoms with van der Waals surface area (Å²) in [4.78, 5) is 0. The summed E-state index contributed by atoms with van der Waals surface area (Å²) in [6.07, 6.45) is 13.2. The van der Waals surface area contributed by atoms with Gasteiger partial charge >= 0.3 is 0 Å². The van der Waals surface area contributed by atoms with Gasteiger partial charge in [-0.1, -0.05) is 69.7 Å². The molecule has 0 aliphatic heterocycles. The fourth-order valence-electron chi connectivity index (χ4n) is 3.09. The second-order valence-corrected chi connectivity index (χ2v) is 7.22. The molecule has 2 N–H and O–H groups in total. The van der Waals surface area contributed by atoms with Gasteiger partial charge < -0.3 is 15.2 Å². The van der Waals surface area contributed by atoms with Crippen LogP contribution in [0.1, 0.15) is 63.4 Å². The van der Waals surface area contributed by atoms with Crippen molar-refractivity contribution in [1.82, 2.24) is 0 Å². The Morgan fingerprint density at radius 2 is 1.00 bits per heavy atom. The van der Waals surface area contributed by atoms with Crippen molar-refractivity contribution in [1.29, 1.82) is 0 Å². The third-order valence-electron chi connectivity index (χ3n) is 4.82. The van der Waals surface area contributed by atoms with Crippen molar-refractivity contribution in [3.05, 3.63) is 60.7 Å². The van der Waals surface area contributed by atoms with E-state index in [9.17, 15) is 0 Å². The molecular weight excluding hydrogens is 346 g/mol. The molecule has 0 fully saturated rings. The summed E-state index contributed by atoms with van der Waals surface area (Å²) in [7, 11) is 0. The Kier molecular flexibility index (Phi) is 10.7. The molecule has 0 aromatic heterocycles. The lowest BCUT2D eigenvalue weighted by atomic mass is 10.1. The van der Waals surface area contributed by atoms with Crippen molar-refractivity contribution in [3.63, 3.8) is 0 Å². The van der Waals surface area contributed by atoms with Crippen LogP contribution < -0.4 is 15.2 Å². The van der Waals surface area contributed by atoms with E-state index in [0.29, 0.717) is 0 Å². The Bertz CT molecular complexity index is 649. The summed E-state index contributed by atoms with van der Waals surface area (Å²) < 4.78 is 11.5. The SMILES string of the molecule is C=Cc1ccc(OCCCCCCCCCCCOc2ccc(N)cc2)cc1. The molecule has 2 rings (SSSR count). The Morgan fingerprint density at radius 1 is 0.607 bits per heavy atom. The topological polar surface area (TPSA) is 44.5 Å². The molecule has 3 heteroatoms. The fraction of sp³-hybridized carbons (Fsp3) is 0.440. The Hall–Kier alpha value is -2.42. The molecule has 2 aromatic carbocycles. The van der Waals surface area contributed by atoms with Crippen molar-refractivity contribution >= 4 is 11.8 Å². The van der Waals surface area contributed by atoms with Crippen LogP contribution in [0.3, 0.4) is 0 Å². The van der Waals surface area contributed by atoms with Gasteiger partial charge in [-0.25, -0.2) is 0 Å². The van der Waals surface area contributed by atoms with Gasteiger partial charge in [-0.15, -0.1) is 0 Å². The van der Waals surface area contributed by atoms with Crippen LogP contribution in [0.2, 0.25) is 0 Å². The summed E-state index contributed by atoms with van der Waals surface area (Å²) in [5.41, 5.74) is 7.57. The first-order chi connectivity index (χ1) is 13.8. The Morgan fingerprint density at radius 3 is 1.43 bits per heavy atom. The van der Waals surface area contributed by atoms with E-state index in [0.717, 1.165) is 48.8 Å². The minimum Gasteiger partial charge on any atom is -0.494 e. The minimum atomic E-state index is 0.776. The van der Waals surface area contributed by atoms with Crippen LogP contribution in [0.5, 0.6) is 11.5 Å². The predicted octanol–water partition coefficient (Wildman–Crippen LogP) is 6.88. The van der Waals surface area contributed by atoms with Gasteiger partial charge in [0.05, 0.1) is 13.2 Å². The molecule has 0 saturated heterocycles. The highest BCUT2D eigenvalue weighted by atomic mass is 16.5. The second kappa shape index (κ2) is 13.7. The van der Waals surface area contributed by atoms with Crippen LogP contribution in [-0.4, -0.2) is 13.2 Å². The van der Waals surface area contributed by atoms with Crippen LogP contribution in [-0.2, 0) is 0 Å². The lowest BCUT2D eigenvalue weighted by Gasteiger charge is -2.07. The summed E-state index contributed by atoms with van der Waals surface area (Å²) in [5, 5.41) is 0. The molecule has 0 amide bonds. The van der Waals surface area contributed by atoms with Crippen molar-refractivity contribution in [2.24, 2.45) is 0 Å². The molecular formula is C25H35NO2. The smallest absolute Gasteiger partial charge is 0.119 e. The summed E-state index contributed by atoms with van der Waals surface area (Å²) in [6.45, 7) is 5.36. The maximum absolute atomic E-state index is 5.77. The molecule has 152 valence electrons. The third kappa shape index (κ3) is 9.50. The third-order valence-corrected chi connectivity index (χ3v) is 4.82. The van der Waals surface area contributed by atoms with E-state index in [-0.39, 0.29) is 0 Å². The zero-order chi connectivity index (χ0) is 19.9. The first kappa shape index (κ1) is 21.9. The molecule has 28 heavy (non-hydrogen) atoms. The Balaban J connectivity index is 1.34. The lowest BCUT2D eigenvalue weighted by molar-refractivity contribution is 0.302. The number of hydrogen-bond donors (Lipinski definition) is 1. The molecule has 0 unspecified atom stereocenters. The Labute approximate surface area is 170 Å². The number of anilines is 1. The van der Waals surface area contributed by atoms with Gasteiger partial charge in [-0.2, -0.15) is 0 Å². The fourth-order valence-corrected chi connectivity index (χ4v) is 3.09. The molecule has 0 atom stereocenters. The molecule has 0 heterocycles. The number of ether oxygens (including phenoxy) is 2. The zero-order valence-electron chi connectivity index (χ0n) is 17.1. The van der Waals surface area contributed by atoms with Gasteiger partial charge in [0.25, 0.3) is 0 Å². The minimum absolute atomic E-state index is 0.776. The van der Waals surface area contributed by atoms with Gasteiger partial charge in [0, 0.05) is 5.69 Å². The molecule has 0 saturated carbocycles. The van der Waals surface area contributed by atoms with E-state index in [2.05, 4.69) is 6.58 Å². The summed E-state index contributed by atoms with van der Waals surface area (Å²) >= 11 is 0. The molecule has 0 aliphatic rings. The van der Waals surface area contributed by atoms with E-state index in [1.807, 2.05) is 54.6 Å². The standard InChI is InChI=1S/C25H35NO2/c1-2-22-12-16-24(17-13-22)27-20-10-8-6-4-3-5-7-9-11-21-28-25-18-14-23(26)15-19-25/h2,12-19H,1,3-11,20-21,26H2.